The Kier molecular flexibility index (Phi) is 5.76. The molecule has 1 aliphatic carbocycles. The van der Waals surface area contributed by atoms with E-state index in [-0.39, 0.29) is 11.0 Å². The minimum atomic E-state index is -0.926. The third-order valence-electron chi connectivity index (χ3n) is 5.69. The normalized spacial score (nSPS) is 14.1. The molecule has 0 saturated carbocycles. The Labute approximate surface area is 188 Å². The largest absolute Gasteiger partial charge is 0.478 e. The number of rotatable bonds is 3. The second kappa shape index (κ2) is 8.49. The zero-order chi connectivity index (χ0) is 22.0. The summed E-state index contributed by atoms with van der Waals surface area (Å²) in [7, 11) is 0. The molecule has 0 unspecified atom stereocenters. The van der Waals surface area contributed by atoms with E-state index < -0.39 is 5.97 Å². The number of carboxylic acid groups (broad SMARTS) is 1. The summed E-state index contributed by atoms with van der Waals surface area (Å²) < 4.78 is 0. The van der Waals surface area contributed by atoms with E-state index >= 15 is 0 Å². The fraction of sp³-hybridized carbons (Fsp3) is 0.179. The summed E-state index contributed by atoms with van der Waals surface area (Å²) in [6, 6.07) is 22.0. The molecule has 2 nitrogen and oxygen atoms in total. The monoisotopic (exact) mass is 424 g/mol. The molecule has 4 rings (SSSR count). The molecule has 3 aromatic carbocycles. The lowest BCUT2D eigenvalue weighted by Gasteiger charge is -2.32. The van der Waals surface area contributed by atoms with Crippen LogP contribution in [-0.4, -0.2) is 11.1 Å². The third kappa shape index (κ3) is 4.60. The van der Waals surface area contributed by atoms with Gasteiger partial charge in [0.1, 0.15) is 0 Å². The highest BCUT2D eigenvalue weighted by molar-refractivity contribution is 8.04. The molecular formula is C28H24O2S. The van der Waals surface area contributed by atoms with Crippen molar-refractivity contribution in [2.24, 2.45) is 0 Å². The van der Waals surface area contributed by atoms with Crippen LogP contribution in [0.4, 0.5) is 0 Å². The third-order valence-corrected chi connectivity index (χ3v) is 6.38. The number of aromatic carboxylic acids is 1. The number of carbonyl (C=O) groups is 1. The van der Waals surface area contributed by atoms with Crippen molar-refractivity contribution in [2.75, 3.05) is 0 Å². The van der Waals surface area contributed by atoms with Crippen molar-refractivity contribution in [3.05, 3.63) is 106 Å². The molecule has 31 heavy (non-hydrogen) atoms. The highest BCUT2D eigenvalue weighted by Gasteiger charge is 2.28. The number of hydrogen-bond donors (Lipinski definition) is 1. The molecule has 3 heteroatoms. The molecule has 1 N–H and O–H groups in total. The topological polar surface area (TPSA) is 37.3 Å². The Hall–Kier alpha value is -3.22. The van der Waals surface area contributed by atoms with Gasteiger partial charge in [-0.1, -0.05) is 61.7 Å². The van der Waals surface area contributed by atoms with Gasteiger partial charge in [0.15, 0.2) is 0 Å². The highest BCUT2D eigenvalue weighted by Crippen LogP contribution is 2.42. The van der Waals surface area contributed by atoms with Gasteiger partial charge in [-0.15, -0.1) is 0 Å². The van der Waals surface area contributed by atoms with E-state index in [1.165, 1.54) is 39.6 Å². The van der Waals surface area contributed by atoms with Crippen molar-refractivity contribution < 1.29 is 9.90 Å². The van der Waals surface area contributed by atoms with Gasteiger partial charge in [-0.05, 0) is 94.4 Å². The number of fused-ring (bicyclic) bond motifs is 1. The van der Waals surface area contributed by atoms with Crippen molar-refractivity contribution >= 4 is 23.3 Å². The molecule has 0 saturated heterocycles. The summed E-state index contributed by atoms with van der Waals surface area (Å²) in [6.45, 7) is 6.69. The van der Waals surface area contributed by atoms with Gasteiger partial charge in [0.05, 0.1) is 5.56 Å². The lowest BCUT2D eigenvalue weighted by Crippen LogP contribution is -2.21. The van der Waals surface area contributed by atoms with Gasteiger partial charge < -0.3 is 5.11 Å². The fourth-order valence-electron chi connectivity index (χ4n) is 3.80. The smallest absolute Gasteiger partial charge is 0.335 e. The van der Waals surface area contributed by atoms with E-state index in [1.54, 1.807) is 24.3 Å². The van der Waals surface area contributed by atoms with Crippen LogP contribution in [0.2, 0.25) is 0 Å². The highest BCUT2D eigenvalue weighted by atomic mass is 32.2. The van der Waals surface area contributed by atoms with Crippen molar-refractivity contribution in [1.29, 1.82) is 0 Å². The van der Waals surface area contributed by atoms with Gasteiger partial charge in [-0.2, -0.15) is 0 Å². The van der Waals surface area contributed by atoms with Gasteiger partial charge in [-0.3, -0.25) is 0 Å². The van der Waals surface area contributed by atoms with Crippen LogP contribution >= 0.6 is 11.8 Å². The summed E-state index contributed by atoms with van der Waals surface area (Å²) >= 11 is 1.50. The molecule has 0 atom stereocenters. The molecule has 3 aromatic rings. The van der Waals surface area contributed by atoms with E-state index in [4.69, 9.17) is 5.11 Å². The first kappa shape index (κ1) is 21.0. The van der Waals surface area contributed by atoms with Crippen LogP contribution in [0.25, 0.3) is 5.57 Å². The second-order valence-electron chi connectivity index (χ2n) is 8.49. The predicted molar refractivity (Wildman–Crippen MR) is 128 cm³/mol. The van der Waals surface area contributed by atoms with E-state index in [0.29, 0.717) is 0 Å². The van der Waals surface area contributed by atoms with Crippen LogP contribution in [0.1, 0.15) is 58.4 Å². The standard InChI is InChI=1S/C28H24O2S/c1-19-4-8-21(9-5-19)24-14-16-28(2,3)26-18-23(12-13-25(24)26)31-17-15-20-6-10-22(11-7-20)27(29)30/h4-14,18H,16H2,1-3H3,(H,29,30). The molecule has 0 amide bonds. The maximum atomic E-state index is 11.0. The molecule has 0 radical (unpaired) electrons. The minimum Gasteiger partial charge on any atom is -0.478 e. The summed E-state index contributed by atoms with van der Waals surface area (Å²) in [6.07, 6.45) is 3.36. The first-order valence-electron chi connectivity index (χ1n) is 10.3. The average molecular weight is 425 g/mol. The van der Waals surface area contributed by atoms with E-state index in [2.05, 4.69) is 80.5 Å². The summed E-state index contributed by atoms with van der Waals surface area (Å²) in [4.78, 5) is 12.1. The minimum absolute atomic E-state index is 0.0696. The molecule has 0 spiro atoms. The number of carboxylic acids is 1. The van der Waals surface area contributed by atoms with Gasteiger partial charge >= 0.3 is 5.97 Å². The maximum absolute atomic E-state index is 11.0. The van der Waals surface area contributed by atoms with Crippen molar-refractivity contribution in [2.45, 2.75) is 37.5 Å². The number of thioether (sulfide) groups is 1. The molecule has 0 heterocycles. The molecule has 0 fully saturated rings. The lowest BCUT2D eigenvalue weighted by atomic mass is 9.72. The predicted octanol–water partition coefficient (Wildman–Crippen LogP) is 6.91. The quantitative estimate of drug-likeness (QED) is 0.367. The number of benzene rings is 3. The van der Waals surface area contributed by atoms with Crippen LogP contribution in [0.3, 0.4) is 0 Å². The van der Waals surface area contributed by atoms with Crippen LogP contribution in [0, 0.1) is 18.1 Å². The molecule has 0 bridgehead atoms. The first-order valence-corrected chi connectivity index (χ1v) is 11.1. The number of aryl methyl sites for hydroxylation is 1. The Bertz CT molecular complexity index is 1220. The van der Waals surface area contributed by atoms with E-state index in [1.807, 2.05) is 0 Å². The van der Waals surface area contributed by atoms with Crippen LogP contribution in [0.15, 0.2) is 77.7 Å². The molecule has 0 aliphatic heterocycles. The van der Waals surface area contributed by atoms with Crippen LogP contribution in [0.5, 0.6) is 0 Å². The Morgan fingerprint density at radius 1 is 1.00 bits per heavy atom. The van der Waals surface area contributed by atoms with E-state index in [9.17, 15) is 4.79 Å². The Morgan fingerprint density at radius 3 is 2.39 bits per heavy atom. The summed E-state index contributed by atoms with van der Waals surface area (Å²) in [5, 5.41) is 12.2. The van der Waals surface area contributed by atoms with Crippen molar-refractivity contribution in [3.8, 4) is 11.2 Å². The zero-order valence-electron chi connectivity index (χ0n) is 17.9. The van der Waals surface area contributed by atoms with Gasteiger partial charge in [0.25, 0.3) is 0 Å². The first-order chi connectivity index (χ1) is 14.8. The van der Waals surface area contributed by atoms with Crippen LogP contribution < -0.4 is 0 Å². The van der Waals surface area contributed by atoms with Crippen molar-refractivity contribution in [1.82, 2.24) is 0 Å². The lowest BCUT2D eigenvalue weighted by molar-refractivity contribution is 0.0697. The molecule has 0 aromatic heterocycles. The molecule has 1 aliphatic rings. The van der Waals surface area contributed by atoms with E-state index in [0.717, 1.165) is 16.9 Å². The average Bonchev–Trinajstić information content (AvgIpc) is 2.75. The van der Waals surface area contributed by atoms with Crippen LogP contribution in [-0.2, 0) is 5.41 Å². The molecular weight excluding hydrogens is 400 g/mol. The summed E-state index contributed by atoms with van der Waals surface area (Å²) in [5.74, 6) is 2.18. The summed E-state index contributed by atoms with van der Waals surface area (Å²) in [5.41, 5.74) is 7.62. The Morgan fingerprint density at radius 2 is 1.71 bits per heavy atom. The molecule has 154 valence electrons. The number of hydrogen-bond acceptors (Lipinski definition) is 2. The van der Waals surface area contributed by atoms with Crippen molar-refractivity contribution in [3.63, 3.8) is 0 Å². The fourth-order valence-corrected chi connectivity index (χ4v) is 4.40. The van der Waals surface area contributed by atoms with Gasteiger partial charge in [0, 0.05) is 10.5 Å². The SMILES string of the molecule is Cc1ccc(C2=CCC(C)(C)c3cc(SC#Cc4ccc(C(=O)O)cc4)ccc32)cc1. The Balaban J connectivity index is 1.59. The second-order valence-corrected chi connectivity index (χ2v) is 9.37. The number of allylic oxidation sites excluding steroid dienone is 1. The maximum Gasteiger partial charge on any atom is 0.335 e. The zero-order valence-corrected chi connectivity index (χ0v) is 18.7. The van der Waals surface area contributed by atoms with Gasteiger partial charge in [-0.25, -0.2) is 4.79 Å². The van der Waals surface area contributed by atoms with Gasteiger partial charge in [0.2, 0.25) is 0 Å².